The molecular formula is C18H17N7O. The summed E-state index contributed by atoms with van der Waals surface area (Å²) in [6.45, 7) is 1.57. The zero-order chi connectivity index (χ0) is 17.3. The van der Waals surface area contributed by atoms with Gasteiger partial charge in [0.1, 0.15) is 5.52 Å². The molecular weight excluding hydrogens is 330 g/mol. The van der Waals surface area contributed by atoms with Gasteiger partial charge in [0.25, 0.3) is 0 Å². The molecule has 26 heavy (non-hydrogen) atoms. The van der Waals surface area contributed by atoms with Crippen molar-refractivity contribution in [2.75, 3.05) is 18.5 Å². The summed E-state index contributed by atoms with van der Waals surface area (Å²) >= 11 is 0. The predicted molar refractivity (Wildman–Crippen MR) is 96.8 cm³/mol. The zero-order valence-corrected chi connectivity index (χ0v) is 14.0. The third kappa shape index (κ3) is 2.74. The molecule has 0 aliphatic carbocycles. The number of hydrogen-bond acceptors (Lipinski definition) is 7. The summed E-state index contributed by atoms with van der Waals surface area (Å²) in [5, 5.41) is 7.98. The van der Waals surface area contributed by atoms with Crippen molar-refractivity contribution in [3.63, 3.8) is 0 Å². The Morgan fingerprint density at radius 2 is 1.92 bits per heavy atom. The maximum atomic E-state index is 5.39. The Balaban J connectivity index is 1.48. The summed E-state index contributed by atoms with van der Waals surface area (Å²) in [6.07, 6.45) is 10.8. The van der Waals surface area contributed by atoms with Gasteiger partial charge in [-0.3, -0.25) is 4.98 Å². The molecule has 130 valence electrons. The highest BCUT2D eigenvalue weighted by Gasteiger charge is 2.15. The molecule has 8 heteroatoms. The first-order valence-electron chi connectivity index (χ1n) is 8.63. The summed E-state index contributed by atoms with van der Waals surface area (Å²) in [4.78, 5) is 17.4. The number of nitrogens with zero attached hydrogens (tertiary/aromatic N) is 6. The monoisotopic (exact) mass is 347 g/mol. The molecule has 0 amide bonds. The van der Waals surface area contributed by atoms with Crippen LogP contribution in [0.15, 0.2) is 43.1 Å². The van der Waals surface area contributed by atoms with Gasteiger partial charge < -0.3 is 10.1 Å². The van der Waals surface area contributed by atoms with Crippen molar-refractivity contribution in [3.05, 3.63) is 43.1 Å². The molecule has 1 N–H and O–H groups in total. The summed E-state index contributed by atoms with van der Waals surface area (Å²) < 4.78 is 7.23. The van der Waals surface area contributed by atoms with Crippen LogP contribution in [0, 0.1) is 0 Å². The lowest BCUT2D eigenvalue weighted by Crippen LogP contribution is -2.28. The zero-order valence-electron chi connectivity index (χ0n) is 14.0. The third-order valence-electron chi connectivity index (χ3n) is 4.61. The van der Waals surface area contributed by atoms with Crippen LogP contribution < -0.4 is 5.32 Å². The van der Waals surface area contributed by atoms with Crippen LogP contribution in [0.1, 0.15) is 12.8 Å². The van der Waals surface area contributed by atoms with Crippen LogP contribution in [0.25, 0.3) is 27.8 Å². The molecule has 0 spiro atoms. The highest BCUT2D eigenvalue weighted by Crippen LogP contribution is 2.26. The Morgan fingerprint density at radius 3 is 2.85 bits per heavy atom. The van der Waals surface area contributed by atoms with E-state index in [9.17, 15) is 0 Å². The van der Waals surface area contributed by atoms with Gasteiger partial charge >= 0.3 is 0 Å². The molecule has 0 saturated carbocycles. The van der Waals surface area contributed by atoms with Crippen molar-refractivity contribution in [3.8, 4) is 11.1 Å². The Kier molecular flexibility index (Phi) is 3.67. The number of fused-ring (bicyclic) bond motifs is 2. The molecule has 8 nitrogen and oxygen atoms in total. The minimum absolute atomic E-state index is 0.361. The maximum Gasteiger partial charge on any atom is 0.241 e. The molecule has 1 aliphatic rings. The Labute approximate surface area is 149 Å². The van der Waals surface area contributed by atoms with E-state index in [0.29, 0.717) is 17.6 Å². The van der Waals surface area contributed by atoms with Gasteiger partial charge in [-0.2, -0.15) is 0 Å². The first-order valence-corrected chi connectivity index (χ1v) is 8.63. The van der Waals surface area contributed by atoms with E-state index >= 15 is 0 Å². The minimum Gasteiger partial charge on any atom is -0.381 e. The van der Waals surface area contributed by atoms with Crippen molar-refractivity contribution in [1.82, 2.24) is 29.5 Å². The van der Waals surface area contributed by atoms with Crippen molar-refractivity contribution in [2.24, 2.45) is 0 Å². The number of aromatic nitrogens is 6. The average molecular weight is 347 g/mol. The molecule has 5 heterocycles. The highest BCUT2D eigenvalue weighted by molar-refractivity contribution is 5.84. The Hall–Kier alpha value is -3.13. The number of pyridine rings is 1. The third-order valence-corrected chi connectivity index (χ3v) is 4.61. The van der Waals surface area contributed by atoms with E-state index in [1.54, 1.807) is 18.6 Å². The van der Waals surface area contributed by atoms with Gasteiger partial charge in [-0.15, -0.1) is 5.10 Å². The van der Waals surface area contributed by atoms with Gasteiger partial charge in [0.05, 0.1) is 11.7 Å². The fraction of sp³-hybridized carbons (Fsp3) is 0.278. The summed E-state index contributed by atoms with van der Waals surface area (Å²) in [5.74, 6) is 0.633. The van der Waals surface area contributed by atoms with Crippen LogP contribution in [0.2, 0.25) is 0 Å². The van der Waals surface area contributed by atoms with Crippen molar-refractivity contribution in [1.29, 1.82) is 0 Å². The van der Waals surface area contributed by atoms with Crippen LogP contribution in [0.4, 0.5) is 5.95 Å². The standard InChI is InChI=1S/C18H17N7O/c1-6-25-16(11-22-18(24-25)23-13-2-7-26-8-3-13)14(1)12-9-15-17(21-10-12)20-5-4-19-15/h1,4-6,9-11,13H,2-3,7-8H2,(H,23,24). The molecule has 1 fully saturated rings. The van der Waals surface area contributed by atoms with E-state index in [-0.39, 0.29) is 0 Å². The number of ether oxygens (including phenoxy) is 1. The van der Waals surface area contributed by atoms with Crippen LogP contribution >= 0.6 is 0 Å². The van der Waals surface area contributed by atoms with Gasteiger partial charge in [-0.05, 0) is 25.0 Å². The van der Waals surface area contributed by atoms with Crippen LogP contribution in [0.5, 0.6) is 0 Å². The van der Waals surface area contributed by atoms with Gasteiger partial charge in [-0.1, -0.05) is 0 Å². The van der Waals surface area contributed by atoms with Gasteiger partial charge in [-0.25, -0.2) is 19.5 Å². The molecule has 4 aromatic rings. The summed E-state index contributed by atoms with van der Waals surface area (Å²) in [6, 6.07) is 4.36. The van der Waals surface area contributed by atoms with Crippen LogP contribution in [0.3, 0.4) is 0 Å². The first-order chi connectivity index (χ1) is 12.9. The van der Waals surface area contributed by atoms with Crippen LogP contribution in [-0.2, 0) is 4.74 Å². The normalized spacial score (nSPS) is 15.5. The topological polar surface area (TPSA) is 90.1 Å². The quantitative estimate of drug-likeness (QED) is 0.608. The lowest BCUT2D eigenvalue weighted by atomic mass is 10.1. The van der Waals surface area contributed by atoms with E-state index < -0.39 is 0 Å². The molecule has 4 aromatic heterocycles. The Morgan fingerprint density at radius 1 is 1.04 bits per heavy atom. The van der Waals surface area contributed by atoms with E-state index in [1.807, 2.05) is 29.0 Å². The lowest BCUT2D eigenvalue weighted by Gasteiger charge is -2.22. The number of rotatable bonds is 3. The van der Waals surface area contributed by atoms with E-state index in [4.69, 9.17) is 4.74 Å². The van der Waals surface area contributed by atoms with E-state index in [1.165, 1.54) is 0 Å². The SMILES string of the molecule is c1cnc2ncc(-c3ccn4nc(NC5CCOCC5)ncc34)cc2n1. The number of hydrogen-bond donors (Lipinski definition) is 1. The first kappa shape index (κ1) is 15.2. The van der Waals surface area contributed by atoms with Crippen molar-refractivity contribution >= 4 is 22.6 Å². The second-order valence-corrected chi connectivity index (χ2v) is 6.30. The molecule has 0 bridgehead atoms. The second kappa shape index (κ2) is 6.30. The lowest BCUT2D eigenvalue weighted by molar-refractivity contribution is 0.0903. The maximum absolute atomic E-state index is 5.39. The van der Waals surface area contributed by atoms with Crippen molar-refractivity contribution in [2.45, 2.75) is 18.9 Å². The van der Waals surface area contributed by atoms with E-state index in [0.717, 1.165) is 48.2 Å². The highest BCUT2D eigenvalue weighted by atomic mass is 16.5. The Bertz CT molecular complexity index is 1070. The average Bonchev–Trinajstić information content (AvgIpc) is 3.12. The number of anilines is 1. The fourth-order valence-electron chi connectivity index (χ4n) is 3.24. The fourth-order valence-corrected chi connectivity index (χ4v) is 3.24. The van der Waals surface area contributed by atoms with E-state index in [2.05, 4.69) is 30.4 Å². The molecule has 0 radical (unpaired) electrons. The summed E-state index contributed by atoms with van der Waals surface area (Å²) in [5.41, 5.74) is 4.31. The van der Waals surface area contributed by atoms with Gasteiger partial charge in [0.2, 0.25) is 5.95 Å². The smallest absolute Gasteiger partial charge is 0.241 e. The molecule has 0 unspecified atom stereocenters. The minimum atomic E-state index is 0.361. The van der Waals surface area contributed by atoms with Crippen LogP contribution in [-0.4, -0.2) is 48.8 Å². The molecule has 0 atom stereocenters. The second-order valence-electron chi connectivity index (χ2n) is 6.30. The molecule has 0 aromatic carbocycles. The predicted octanol–water partition coefficient (Wildman–Crippen LogP) is 2.33. The van der Waals surface area contributed by atoms with Crippen molar-refractivity contribution < 1.29 is 4.74 Å². The largest absolute Gasteiger partial charge is 0.381 e. The summed E-state index contributed by atoms with van der Waals surface area (Å²) in [7, 11) is 0. The molecule has 1 aliphatic heterocycles. The number of nitrogens with one attached hydrogen (secondary N) is 1. The molecule has 1 saturated heterocycles. The molecule has 5 rings (SSSR count). The van der Waals surface area contributed by atoms with Gasteiger partial charge in [0.15, 0.2) is 5.65 Å². The van der Waals surface area contributed by atoms with Gasteiger partial charge in [0, 0.05) is 55.2 Å².